The second-order valence-electron chi connectivity index (χ2n) is 4.91. The summed E-state index contributed by atoms with van der Waals surface area (Å²) in [5.41, 5.74) is 3.13. The molecule has 1 unspecified atom stereocenters. The van der Waals surface area contributed by atoms with Gasteiger partial charge < -0.3 is 9.88 Å². The van der Waals surface area contributed by atoms with Gasteiger partial charge in [-0.1, -0.05) is 18.5 Å². The molecule has 0 amide bonds. The molecule has 2 rings (SSSR count). The fraction of sp³-hybridized carbons (Fsp3) is 0.571. The Balaban J connectivity index is 2.31. The zero-order chi connectivity index (χ0) is 14.7. The minimum absolute atomic E-state index is 0.186. The van der Waals surface area contributed by atoms with Crippen LogP contribution in [0, 0.1) is 6.92 Å². The SMILES string of the molecule is CCNC(Cc1c(Cl)c(C)nn1CC)c1cncn1C. The Bertz CT molecular complexity index is 572. The van der Waals surface area contributed by atoms with Crippen LogP contribution in [-0.2, 0) is 20.0 Å². The van der Waals surface area contributed by atoms with Crippen LogP contribution in [0.3, 0.4) is 0 Å². The number of nitrogens with one attached hydrogen (secondary N) is 1. The molecule has 2 heterocycles. The van der Waals surface area contributed by atoms with Gasteiger partial charge in [0.2, 0.25) is 0 Å². The van der Waals surface area contributed by atoms with Crippen molar-refractivity contribution in [3.63, 3.8) is 0 Å². The Kier molecular flexibility index (Phi) is 4.83. The van der Waals surface area contributed by atoms with Gasteiger partial charge in [-0.15, -0.1) is 0 Å². The lowest BCUT2D eigenvalue weighted by molar-refractivity contribution is 0.495. The first kappa shape index (κ1) is 15.1. The van der Waals surface area contributed by atoms with E-state index in [0.717, 1.165) is 41.6 Å². The second kappa shape index (κ2) is 6.41. The van der Waals surface area contributed by atoms with E-state index in [9.17, 15) is 0 Å². The molecule has 0 bridgehead atoms. The van der Waals surface area contributed by atoms with Crippen LogP contribution in [0.4, 0.5) is 0 Å². The van der Waals surface area contributed by atoms with E-state index in [0.29, 0.717) is 0 Å². The number of nitrogens with zero attached hydrogens (tertiary/aromatic N) is 4. The molecule has 2 aromatic heterocycles. The van der Waals surface area contributed by atoms with Crippen LogP contribution < -0.4 is 5.32 Å². The maximum atomic E-state index is 6.40. The van der Waals surface area contributed by atoms with E-state index in [1.165, 1.54) is 0 Å². The summed E-state index contributed by atoms with van der Waals surface area (Å²) in [5, 5.41) is 8.76. The molecule has 0 aliphatic heterocycles. The van der Waals surface area contributed by atoms with E-state index in [4.69, 9.17) is 11.6 Å². The second-order valence-corrected chi connectivity index (χ2v) is 5.28. The third-order valence-corrected chi connectivity index (χ3v) is 4.00. The molecule has 5 nitrogen and oxygen atoms in total. The first-order chi connectivity index (χ1) is 9.58. The molecular weight excluding hydrogens is 274 g/mol. The number of hydrogen-bond donors (Lipinski definition) is 1. The van der Waals surface area contributed by atoms with E-state index < -0.39 is 0 Å². The zero-order valence-corrected chi connectivity index (χ0v) is 13.3. The highest BCUT2D eigenvalue weighted by molar-refractivity contribution is 6.31. The first-order valence-corrected chi connectivity index (χ1v) is 7.37. The van der Waals surface area contributed by atoms with Crippen LogP contribution in [0.5, 0.6) is 0 Å². The summed E-state index contributed by atoms with van der Waals surface area (Å²) in [7, 11) is 2.01. The van der Waals surface area contributed by atoms with Gasteiger partial charge in [-0.2, -0.15) is 5.10 Å². The fourth-order valence-corrected chi connectivity index (χ4v) is 2.70. The quantitative estimate of drug-likeness (QED) is 0.891. The smallest absolute Gasteiger partial charge is 0.0946 e. The standard InChI is InChI=1S/C14H22ClN5/c1-5-17-11(13-8-16-9-19(13)4)7-12-14(15)10(3)18-20(12)6-2/h8-9,11,17H,5-7H2,1-4H3. The Hall–Kier alpha value is -1.33. The van der Waals surface area contributed by atoms with Crippen LogP contribution in [-0.4, -0.2) is 25.9 Å². The molecule has 0 fully saturated rings. The molecule has 2 aromatic rings. The summed E-state index contributed by atoms with van der Waals surface area (Å²) in [6.07, 6.45) is 4.53. The van der Waals surface area contributed by atoms with Crippen molar-refractivity contribution >= 4 is 11.6 Å². The minimum Gasteiger partial charge on any atom is -0.336 e. The Labute approximate surface area is 125 Å². The van der Waals surface area contributed by atoms with E-state index in [2.05, 4.69) is 29.2 Å². The molecule has 20 heavy (non-hydrogen) atoms. The summed E-state index contributed by atoms with van der Waals surface area (Å²) in [6.45, 7) is 7.86. The van der Waals surface area contributed by atoms with Crippen LogP contribution in [0.25, 0.3) is 0 Å². The Morgan fingerprint density at radius 1 is 1.40 bits per heavy atom. The number of imidazole rings is 1. The van der Waals surface area contributed by atoms with Crippen molar-refractivity contribution in [3.05, 3.63) is 34.6 Å². The normalized spacial score (nSPS) is 12.8. The number of likely N-dealkylation sites (N-methyl/N-ethyl adjacent to an activating group) is 1. The molecule has 6 heteroatoms. The molecule has 0 aliphatic carbocycles. The summed E-state index contributed by atoms with van der Waals surface area (Å²) in [6, 6.07) is 0.186. The summed E-state index contributed by atoms with van der Waals surface area (Å²) >= 11 is 6.40. The van der Waals surface area contributed by atoms with Crippen molar-refractivity contribution in [3.8, 4) is 0 Å². The zero-order valence-electron chi connectivity index (χ0n) is 12.5. The molecule has 0 aromatic carbocycles. The topological polar surface area (TPSA) is 47.7 Å². The predicted octanol–water partition coefficient (Wildman–Crippen LogP) is 2.49. The Morgan fingerprint density at radius 3 is 2.70 bits per heavy atom. The van der Waals surface area contributed by atoms with Gasteiger partial charge in [-0.3, -0.25) is 4.68 Å². The summed E-state index contributed by atoms with van der Waals surface area (Å²) in [4.78, 5) is 4.20. The van der Waals surface area contributed by atoms with Gasteiger partial charge in [0.15, 0.2) is 0 Å². The lowest BCUT2D eigenvalue weighted by Crippen LogP contribution is -2.26. The fourth-order valence-electron chi connectivity index (χ4n) is 2.49. The summed E-state index contributed by atoms with van der Waals surface area (Å²) < 4.78 is 4.03. The van der Waals surface area contributed by atoms with Crippen molar-refractivity contribution in [1.29, 1.82) is 0 Å². The van der Waals surface area contributed by atoms with Crippen LogP contribution in [0.15, 0.2) is 12.5 Å². The summed E-state index contributed by atoms with van der Waals surface area (Å²) in [5.74, 6) is 0. The van der Waals surface area contributed by atoms with Gasteiger partial charge in [0.05, 0.1) is 34.5 Å². The largest absolute Gasteiger partial charge is 0.336 e. The average Bonchev–Trinajstić information content (AvgIpc) is 2.96. The van der Waals surface area contributed by atoms with E-state index >= 15 is 0 Å². The van der Waals surface area contributed by atoms with Gasteiger partial charge >= 0.3 is 0 Å². The lowest BCUT2D eigenvalue weighted by atomic mass is 10.1. The highest BCUT2D eigenvalue weighted by Crippen LogP contribution is 2.26. The van der Waals surface area contributed by atoms with Gasteiger partial charge in [-0.05, 0) is 20.4 Å². The number of aromatic nitrogens is 4. The van der Waals surface area contributed by atoms with Gasteiger partial charge in [0.25, 0.3) is 0 Å². The average molecular weight is 296 g/mol. The number of aryl methyl sites for hydroxylation is 3. The third kappa shape index (κ3) is 2.88. The van der Waals surface area contributed by atoms with E-state index in [-0.39, 0.29) is 6.04 Å². The highest BCUT2D eigenvalue weighted by atomic mass is 35.5. The first-order valence-electron chi connectivity index (χ1n) is 6.99. The number of rotatable bonds is 6. The molecular formula is C14H22ClN5. The number of hydrogen-bond acceptors (Lipinski definition) is 3. The van der Waals surface area contributed by atoms with Crippen LogP contribution in [0.2, 0.25) is 5.02 Å². The van der Waals surface area contributed by atoms with E-state index in [1.54, 1.807) is 0 Å². The molecule has 0 saturated heterocycles. The molecule has 0 aliphatic rings. The molecule has 0 radical (unpaired) electrons. The van der Waals surface area contributed by atoms with Gasteiger partial charge in [0, 0.05) is 26.2 Å². The molecule has 1 N–H and O–H groups in total. The van der Waals surface area contributed by atoms with Crippen molar-refractivity contribution < 1.29 is 0 Å². The monoisotopic (exact) mass is 295 g/mol. The lowest BCUT2D eigenvalue weighted by Gasteiger charge is -2.19. The van der Waals surface area contributed by atoms with Crippen molar-refractivity contribution in [2.45, 2.75) is 39.8 Å². The van der Waals surface area contributed by atoms with E-state index in [1.807, 2.05) is 35.7 Å². The van der Waals surface area contributed by atoms with Gasteiger partial charge in [0.1, 0.15) is 0 Å². The van der Waals surface area contributed by atoms with Crippen LogP contribution in [0.1, 0.15) is 37.0 Å². The molecule has 0 saturated carbocycles. The van der Waals surface area contributed by atoms with Crippen molar-refractivity contribution in [2.24, 2.45) is 7.05 Å². The Morgan fingerprint density at radius 2 is 2.15 bits per heavy atom. The van der Waals surface area contributed by atoms with Crippen molar-refractivity contribution in [1.82, 2.24) is 24.6 Å². The number of halogens is 1. The van der Waals surface area contributed by atoms with Gasteiger partial charge in [-0.25, -0.2) is 4.98 Å². The highest BCUT2D eigenvalue weighted by Gasteiger charge is 2.20. The molecule has 110 valence electrons. The maximum absolute atomic E-state index is 6.40. The van der Waals surface area contributed by atoms with Crippen molar-refractivity contribution in [2.75, 3.05) is 6.54 Å². The minimum atomic E-state index is 0.186. The predicted molar refractivity (Wildman–Crippen MR) is 81.0 cm³/mol. The molecule has 0 spiro atoms. The third-order valence-electron chi connectivity index (χ3n) is 3.51. The maximum Gasteiger partial charge on any atom is 0.0946 e. The molecule has 1 atom stereocenters. The van der Waals surface area contributed by atoms with Crippen LogP contribution >= 0.6 is 11.6 Å².